The lowest BCUT2D eigenvalue weighted by atomic mass is 10.1. The van der Waals surface area contributed by atoms with Crippen molar-refractivity contribution in [3.63, 3.8) is 0 Å². The van der Waals surface area contributed by atoms with Crippen molar-refractivity contribution in [2.45, 2.75) is 51.5 Å². The first-order valence-electron chi connectivity index (χ1n) is 6.62. The van der Waals surface area contributed by atoms with E-state index in [-0.39, 0.29) is 5.96 Å². The third kappa shape index (κ3) is 9.89. The van der Waals surface area contributed by atoms with Gasteiger partial charge in [-0.3, -0.25) is 10.2 Å². The van der Waals surface area contributed by atoms with E-state index in [4.69, 9.17) is 16.2 Å². The van der Waals surface area contributed by atoms with Crippen LogP contribution in [0.5, 0.6) is 0 Å². The van der Waals surface area contributed by atoms with Crippen molar-refractivity contribution in [2.75, 3.05) is 13.1 Å². The van der Waals surface area contributed by atoms with Crippen LogP contribution in [0.3, 0.4) is 0 Å². The van der Waals surface area contributed by atoms with E-state index in [9.17, 15) is 4.79 Å². The van der Waals surface area contributed by atoms with Gasteiger partial charge in [-0.25, -0.2) is 0 Å². The van der Waals surface area contributed by atoms with Gasteiger partial charge in [0.15, 0.2) is 5.96 Å². The van der Waals surface area contributed by atoms with Gasteiger partial charge >= 0.3 is 5.97 Å². The van der Waals surface area contributed by atoms with Crippen LogP contribution in [0.4, 0.5) is 0 Å². The van der Waals surface area contributed by atoms with Crippen LogP contribution in [-0.2, 0) is 4.79 Å². The number of carboxylic acids is 1. The van der Waals surface area contributed by atoms with Crippen molar-refractivity contribution >= 4 is 11.9 Å². The van der Waals surface area contributed by atoms with E-state index in [0.29, 0.717) is 19.4 Å². The lowest BCUT2D eigenvalue weighted by Crippen LogP contribution is -2.38. The molecular weight excluding hydrogens is 232 g/mol. The maximum absolute atomic E-state index is 11.0. The first kappa shape index (κ1) is 16.7. The maximum Gasteiger partial charge on any atom is 0.320 e. The molecule has 0 saturated carbocycles. The molecule has 0 radical (unpaired) electrons. The van der Waals surface area contributed by atoms with Gasteiger partial charge in [-0.05, 0) is 25.8 Å². The fraction of sp³-hybridized carbons (Fsp3) is 0.833. The van der Waals surface area contributed by atoms with Gasteiger partial charge in [-0.15, -0.1) is 0 Å². The van der Waals surface area contributed by atoms with Crippen LogP contribution in [0.1, 0.15) is 45.4 Å². The summed E-state index contributed by atoms with van der Waals surface area (Å²) in [5.41, 5.74) is 5.14. The molecule has 106 valence electrons. The molecule has 0 aliphatic heterocycles. The Balaban J connectivity index is 3.65. The van der Waals surface area contributed by atoms with E-state index in [2.05, 4.69) is 17.6 Å². The Bertz CT molecular complexity index is 246. The third-order valence-electron chi connectivity index (χ3n) is 2.70. The molecule has 1 unspecified atom stereocenters. The van der Waals surface area contributed by atoms with Gasteiger partial charge in [0, 0.05) is 6.54 Å². The second-order valence-electron chi connectivity index (χ2n) is 4.39. The summed E-state index contributed by atoms with van der Waals surface area (Å²) < 4.78 is 0. The quantitative estimate of drug-likeness (QED) is 0.214. The highest BCUT2D eigenvalue weighted by molar-refractivity contribution is 5.74. The van der Waals surface area contributed by atoms with Crippen LogP contribution in [0, 0.1) is 5.41 Å². The van der Waals surface area contributed by atoms with Crippen molar-refractivity contribution in [3.05, 3.63) is 0 Å². The monoisotopic (exact) mass is 258 g/mol. The summed E-state index contributed by atoms with van der Waals surface area (Å²) in [6.07, 6.45) is 5.76. The highest BCUT2D eigenvalue weighted by Crippen LogP contribution is 2.00. The minimum Gasteiger partial charge on any atom is -0.480 e. The van der Waals surface area contributed by atoms with E-state index >= 15 is 0 Å². The summed E-state index contributed by atoms with van der Waals surface area (Å²) in [7, 11) is 0. The van der Waals surface area contributed by atoms with E-state index in [1.165, 1.54) is 12.8 Å². The van der Waals surface area contributed by atoms with Gasteiger partial charge in [0.05, 0.1) is 0 Å². The second-order valence-corrected chi connectivity index (χ2v) is 4.39. The standard InChI is InChI=1S/C12H26N4O2/c1-2-3-4-5-8-15-10(11(17)18)7-6-9-16-12(13)14/h10,15H,2-9H2,1H3,(H,17,18)(H4,13,14,16). The van der Waals surface area contributed by atoms with Crippen LogP contribution in [0.2, 0.25) is 0 Å². The number of hydrogen-bond acceptors (Lipinski definition) is 3. The Morgan fingerprint density at radius 2 is 2.00 bits per heavy atom. The van der Waals surface area contributed by atoms with Crippen LogP contribution >= 0.6 is 0 Å². The van der Waals surface area contributed by atoms with Crippen LogP contribution in [0.25, 0.3) is 0 Å². The van der Waals surface area contributed by atoms with Crippen LogP contribution < -0.4 is 16.4 Å². The Hall–Kier alpha value is -1.30. The molecular formula is C12H26N4O2. The number of carbonyl (C=O) groups is 1. The van der Waals surface area contributed by atoms with Gasteiger partial charge in [0.1, 0.15) is 6.04 Å². The molecule has 0 aromatic heterocycles. The van der Waals surface area contributed by atoms with E-state index in [1.807, 2.05) is 0 Å². The molecule has 0 aromatic carbocycles. The smallest absolute Gasteiger partial charge is 0.320 e. The van der Waals surface area contributed by atoms with Gasteiger partial charge in [0.2, 0.25) is 0 Å². The maximum atomic E-state index is 11.0. The molecule has 6 heteroatoms. The Kier molecular flexibility index (Phi) is 10.0. The van der Waals surface area contributed by atoms with Crippen molar-refractivity contribution in [2.24, 2.45) is 5.73 Å². The highest BCUT2D eigenvalue weighted by Gasteiger charge is 2.15. The summed E-state index contributed by atoms with van der Waals surface area (Å²) in [5, 5.41) is 21.7. The zero-order valence-electron chi connectivity index (χ0n) is 11.2. The molecule has 0 rings (SSSR count). The predicted molar refractivity (Wildman–Crippen MR) is 72.7 cm³/mol. The summed E-state index contributed by atoms with van der Waals surface area (Å²) in [6.45, 7) is 3.43. The molecule has 0 bridgehead atoms. The molecule has 6 N–H and O–H groups in total. The number of nitrogens with one attached hydrogen (secondary N) is 3. The number of rotatable bonds is 11. The van der Waals surface area contributed by atoms with Crippen LogP contribution in [0.15, 0.2) is 0 Å². The molecule has 0 fully saturated rings. The zero-order valence-corrected chi connectivity index (χ0v) is 11.2. The summed E-state index contributed by atoms with van der Waals surface area (Å²) >= 11 is 0. The molecule has 0 heterocycles. The molecule has 0 aromatic rings. The van der Waals surface area contributed by atoms with Crippen molar-refractivity contribution in [3.8, 4) is 0 Å². The molecule has 0 saturated heterocycles. The largest absolute Gasteiger partial charge is 0.480 e. The van der Waals surface area contributed by atoms with Gasteiger partial charge in [0.25, 0.3) is 0 Å². The minimum absolute atomic E-state index is 0.0746. The molecule has 0 aliphatic rings. The van der Waals surface area contributed by atoms with E-state index in [1.54, 1.807) is 0 Å². The summed E-state index contributed by atoms with van der Waals surface area (Å²) in [4.78, 5) is 11.0. The molecule has 0 spiro atoms. The summed E-state index contributed by atoms with van der Waals surface area (Å²) in [5.74, 6) is -0.886. The Morgan fingerprint density at radius 1 is 1.28 bits per heavy atom. The van der Waals surface area contributed by atoms with Crippen LogP contribution in [-0.4, -0.2) is 36.2 Å². The van der Waals surface area contributed by atoms with Crippen molar-refractivity contribution in [1.82, 2.24) is 10.6 Å². The van der Waals surface area contributed by atoms with Crippen molar-refractivity contribution in [1.29, 1.82) is 5.41 Å². The second kappa shape index (κ2) is 10.8. The van der Waals surface area contributed by atoms with Gasteiger partial charge in [-0.1, -0.05) is 26.2 Å². The Morgan fingerprint density at radius 3 is 2.56 bits per heavy atom. The SMILES string of the molecule is CCCCCCNC(CCCNC(=N)N)C(=O)O. The number of carboxylic acid groups (broad SMARTS) is 1. The Labute approximate surface area is 109 Å². The number of unbranched alkanes of at least 4 members (excludes halogenated alkanes) is 3. The lowest BCUT2D eigenvalue weighted by Gasteiger charge is -2.14. The predicted octanol–water partition coefficient (Wildman–Crippen LogP) is 0.873. The first-order valence-corrected chi connectivity index (χ1v) is 6.62. The fourth-order valence-electron chi connectivity index (χ4n) is 1.67. The lowest BCUT2D eigenvalue weighted by molar-refractivity contribution is -0.139. The molecule has 6 nitrogen and oxygen atoms in total. The summed E-state index contributed by atoms with van der Waals surface area (Å²) in [6, 6.07) is -0.500. The zero-order chi connectivity index (χ0) is 13.8. The normalized spacial score (nSPS) is 12.1. The molecule has 18 heavy (non-hydrogen) atoms. The van der Waals surface area contributed by atoms with E-state index in [0.717, 1.165) is 19.4 Å². The first-order chi connectivity index (χ1) is 8.57. The average Bonchev–Trinajstić information content (AvgIpc) is 2.30. The van der Waals surface area contributed by atoms with E-state index < -0.39 is 12.0 Å². The molecule has 0 aliphatic carbocycles. The average molecular weight is 258 g/mol. The number of aliphatic carboxylic acids is 1. The highest BCUT2D eigenvalue weighted by atomic mass is 16.4. The van der Waals surface area contributed by atoms with Gasteiger partial charge < -0.3 is 21.5 Å². The molecule has 1 atom stereocenters. The van der Waals surface area contributed by atoms with Crippen molar-refractivity contribution < 1.29 is 9.90 Å². The number of nitrogens with two attached hydrogens (primary N) is 1. The third-order valence-corrected chi connectivity index (χ3v) is 2.70. The fourth-order valence-corrected chi connectivity index (χ4v) is 1.67. The van der Waals surface area contributed by atoms with Gasteiger partial charge in [-0.2, -0.15) is 0 Å². The number of guanidine groups is 1. The minimum atomic E-state index is -0.812. The molecule has 0 amide bonds. The number of hydrogen-bond donors (Lipinski definition) is 5. The topological polar surface area (TPSA) is 111 Å².